The molecule has 0 radical (unpaired) electrons. The number of thioether (sulfide) groups is 1. The van der Waals surface area contributed by atoms with E-state index in [1.807, 2.05) is 17.5 Å². The van der Waals surface area contributed by atoms with Gasteiger partial charge in [-0.1, -0.05) is 11.2 Å². The van der Waals surface area contributed by atoms with Crippen LogP contribution in [0.3, 0.4) is 0 Å². The largest absolute Gasteiger partial charge is 0.469 e. The van der Waals surface area contributed by atoms with Crippen molar-refractivity contribution in [1.29, 1.82) is 0 Å². The van der Waals surface area contributed by atoms with Gasteiger partial charge >= 0.3 is 5.97 Å². The Morgan fingerprint density at radius 2 is 2.43 bits per heavy atom. The summed E-state index contributed by atoms with van der Waals surface area (Å²) in [4.78, 5) is 16.8. The number of hydrogen-bond donors (Lipinski definition) is 0. The molecule has 7 heteroatoms. The zero-order valence-electron chi connectivity index (χ0n) is 11.7. The van der Waals surface area contributed by atoms with E-state index in [1.165, 1.54) is 7.11 Å². The van der Waals surface area contributed by atoms with E-state index in [0.717, 1.165) is 23.5 Å². The van der Waals surface area contributed by atoms with Gasteiger partial charge in [0.25, 0.3) is 0 Å². The topological polar surface area (TPSA) is 65.2 Å². The summed E-state index contributed by atoms with van der Waals surface area (Å²) in [7, 11) is 1.44. The first-order chi connectivity index (χ1) is 10.2. The molecule has 1 saturated carbocycles. The van der Waals surface area contributed by atoms with Crippen LogP contribution in [-0.4, -0.2) is 29.0 Å². The van der Waals surface area contributed by atoms with Crippen molar-refractivity contribution in [3.63, 3.8) is 0 Å². The molecule has 2 aromatic rings. The molecular weight excluding hydrogens is 308 g/mol. The van der Waals surface area contributed by atoms with Gasteiger partial charge in [-0.25, -0.2) is 0 Å². The minimum Gasteiger partial charge on any atom is -0.469 e. The monoisotopic (exact) mass is 324 g/mol. The number of methoxy groups -OCH3 is 1. The van der Waals surface area contributed by atoms with Crippen molar-refractivity contribution in [2.24, 2.45) is 5.41 Å². The highest BCUT2D eigenvalue weighted by molar-refractivity contribution is 7.98. The fourth-order valence-corrected chi connectivity index (χ4v) is 3.97. The van der Waals surface area contributed by atoms with Gasteiger partial charge in [0, 0.05) is 0 Å². The van der Waals surface area contributed by atoms with Crippen LogP contribution in [0.4, 0.5) is 0 Å². The lowest BCUT2D eigenvalue weighted by molar-refractivity contribution is -0.141. The lowest BCUT2D eigenvalue weighted by atomic mass is 10.1. The summed E-state index contributed by atoms with van der Waals surface area (Å²) in [6.07, 6.45) is 2.71. The van der Waals surface area contributed by atoms with Gasteiger partial charge in [0.2, 0.25) is 11.7 Å². The summed E-state index contributed by atoms with van der Waals surface area (Å²) >= 11 is 3.33. The standard InChI is InChI=1S/C14H16N2O3S2/c1-18-12(17)7-14(4-5-14)9-20-8-11-15-13(16-19-11)10-3-2-6-21-10/h2-3,6H,4-5,7-9H2,1H3. The smallest absolute Gasteiger partial charge is 0.306 e. The first-order valence-electron chi connectivity index (χ1n) is 6.72. The van der Waals surface area contributed by atoms with Gasteiger partial charge in [-0.05, 0) is 35.5 Å². The third-order valence-electron chi connectivity index (χ3n) is 3.55. The van der Waals surface area contributed by atoms with E-state index in [2.05, 4.69) is 10.1 Å². The Morgan fingerprint density at radius 3 is 3.10 bits per heavy atom. The second kappa shape index (κ2) is 6.19. The molecule has 0 aromatic carbocycles. The third kappa shape index (κ3) is 3.65. The number of hydrogen-bond acceptors (Lipinski definition) is 7. The summed E-state index contributed by atoms with van der Waals surface area (Å²) in [5.41, 5.74) is 0.133. The maximum absolute atomic E-state index is 11.4. The quantitative estimate of drug-likeness (QED) is 0.728. The predicted molar refractivity (Wildman–Crippen MR) is 82.1 cm³/mol. The Bertz CT molecular complexity index is 606. The molecule has 0 saturated heterocycles. The summed E-state index contributed by atoms with van der Waals surface area (Å²) in [5, 5.41) is 5.98. The number of ether oxygens (including phenoxy) is 1. The number of carbonyl (C=O) groups is 1. The van der Waals surface area contributed by atoms with E-state index in [9.17, 15) is 4.79 Å². The summed E-state index contributed by atoms with van der Waals surface area (Å²) < 4.78 is 10.0. The fourth-order valence-electron chi connectivity index (χ4n) is 2.10. The van der Waals surface area contributed by atoms with E-state index in [1.54, 1.807) is 23.1 Å². The van der Waals surface area contributed by atoms with E-state index in [-0.39, 0.29) is 11.4 Å². The van der Waals surface area contributed by atoms with Gasteiger partial charge in [-0.3, -0.25) is 4.79 Å². The van der Waals surface area contributed by atoms with Gasteiger partial charge in [0.05, 0.1) is 24.2 Å². The molecule has 2 aromatic heterocycles. The van der Waals surface area contributed by atoms with Crippen LogP contribution in [0.25, 0.3) is 10.7 Å². The van der Waals surface area contributed by atoms with Crippen LogP contribution in [0.2, 0.25) is 0 Å². The molecule has 21 heavy (non-hydrogen) atoms. The highest BCUT2D eigenvalue weighted by atomic mass is 32.2. The van der Waals surface area contributed by atoms with Crippen LogP contribution in [-0.2, 0) is 15.3 Å². The molecule has 3 rings (SSSR count). The second-order valence-corrected chi connectivity index (χ2v) is 7.17. The predicted octanol–water partition coefficient (Wildman–Crippen LogP) is 3.37. The van der Waals surface area contributed by atoms with Crippen LogP contribution in [0.15, 0.2) is 22.0 Å². The van der Waals surface area contributed by atoms with Gasteiger partial charge in [0.15, 0.2) is 0 Å². The average Bonchev–Trinajstić information content (AvgIpc) is 2.93. The number of carbonyl (C=O) groups excluding carboxylic acids is 1. The summed E-state index contributed by atoms with van der Waals surface area (Å²) in [5.74, 6) is 2.78. The van der Waals surface area contributed by atoms with Crippen molar-refractivity contribution < 1.29 is 14.1 Å². The van der Waals surface area contributed by atoms with Crippen molar-refractivity contribution in [3.8, 4) is 10.7 Å². The Hall–Kier alpha value is -1.34. The first-order valence-corrected chi connectivity index (χ1v) is 8.75. The zero-order valence-corrected chi connectivity index (χ0v) is 13.3. The zero-order chi connectivity index (χ0) is 14.7. The molecule has 1 aliphatic rings. The molecular formula is C14H16N2O3S2. The van der Waals surface area contributed by atoms with E-state index < -0.39 is 0 Å². The highest BCUT2D eigenvalue weighted by Gasteiger charge is 2.44. The van der Waals surface area contributed by atoms with Crippen molar-refractivity contribution in [2.75, 3.05) is 12.9 Å². The molecule has 0 unspecified atom stereocenters. The van der Waals surface area contributed by atoms with Crippen molar-refractivity contribution in [2.45, 2.75) is 25.0 Å². The molecule has 0 N–H and O–H groups in total. The molecule has 1 fully saturated rings. The molecule has 0 atom stereocenters. The highest BCUT2D eigenvalue weighted by Crippen LogP contribution is 2.51. The maximum atomic E-state index is 11.4. The van der Waals surface area contributed by atoms with Crippen LogP contribution in [0.5, 0.6) is 0 Å². The number of esters is 1. The SMILES string of the molecule is COC(=O)CC1(CSCc2nc(-c3cccs3)no2)CC1. The number of thiophene rings is 1. The minimum absolute atomic E-state index is 0.120. The third-order valence-corrected chi connectivity index (χ3v) is 5.68. The van der Waals surface area contributed by atoms with E-state index in [4.69, 9.17) is 9.26 Å². The van der Waals surface area contributed by atoms with Gasteiger partial charge < -0.3 is 9.26 Å². The second-order valence-electron chi connectivity index (χ2n) is 5.23. The molecule has 2 heterocycles. The van der Waals surface area contributed by atoms with E-state index >= 15 is 0 Å². The van der Waals surface area contributed by atoms with Crippen LogP contribution in [0, 0.1) is 5.41 Å². The lowest BCUT2D eigenvalue weighted by Gasteiger charge is -2.11. The number of rotatable bonds is 7. The van der Waals surface area contributed by atoms with Crippen LogP contribution in [0.1, 0.15) is 25.2 Å². The molecule has 5 nitrogen and oxygen atoms in total. The molecule has 0 spiro atoms. The lowest BCUT2D eigenvalue weighted by Crippen LogP contribution is -2.13. The molecule has 0 amide bonds. The van der Waals surface area contributed by atoms with Crippen molar-refractivity contribution in [3.05, 3.63) is 23.4 Å². The molecule has 112 valence electrons. The normalized spacial score (nSPS) is 15.9. The Morgan fingerprint density at radius 1 is 1.57 bits per heavy atom. The fraction of sp³-hybridized carbons (Fsp3) is 0.500. The first kappa shape index (κ1) is 14.6. The summed E-state index contributed by atoms with van der Waals surface area (Å²) in [6.45, 7) is 0. The van der Waals surface area contributed by atoms with Crippen LogP contribution >= 0.6 is 23.1 Å². The molecule has 0 aliphatic heterocycles. The Balaban J connectivity index is 1.49. The van der Waals surface area contributed by atoms with E-state index in [0.29, 0.717) is 23.9 Å². The van der Waals surface area contributed by atoms with Crippen LogP contribution < -0.4 is 0 Å². The Kier molecular flexibility index (Phi) is 4.30. The number of nitrogens with zero attached hydrogens (tertiary/aromatic N) is 2. The minimum atomic E-state index is -0.120. The summed E-state index contributed by atoms with van der Waals surface area (Å²) in [6, 6.07) is 3.94. The van der Waals surface area contributed by atoms with Gasteiger partial charge in [-0.2, -0.15) is 16.7 Å². The van der Waals surface area contributed by atoms with Crippen molar-refractivity contribution >= 4 is 29.1 Å². The maximum Gasteiger partial charge on any atom is 0.306 e. The van der Waals surface area contributed by atoms with Gasteiger partial charge in [-0.15, -0.1) is 11.3 Å². The van der Waals surface area contributed by atoms with Gasteiger partial charge in [0.1, 0.15) is 0 Å². The molecule has 1 aliphatic carbocycles. The number of aromatic nitrogens is 2. The molecule has 0 bridgehead atoms. The average molecular weight is 324 g/mol. The van der Waals surface area contributed by atoms with Crippen molar-refractivity contribution in [1.82, 2.24) is 10.1 Å². The Labute approximate surface area is 131 Å².